The van der Waals surface area contributed by atoms with E-state index in [9.17, 15) is 9.59 Å². The highest BCUT2D eigenvalue weighted by Gasteiger charge is 2.48. The van der Waals surface area contributed by atoms with E-state index < -0.39 is 0 Å². The number of rotatable bonds is 6. The fourth-order valence-electron chi connectivity index (χ4n) is 3.12. The Kier molecular flexibility index (Phi) is 5.71. The van der Waals surface area contributed by atoms with Crippen LogP contribution in [-0.2, 0) is 9.59 Å². The van der Waals surface area contributed by atoms with Gasteiger partial charge in [-0.15, -0.1) is 0 Å². The molecule has 1 aliphatic carbocycles. The molecule has 2 aromatic rings. The number of para-hydroxylation sites is 1. The van der Waals surface area contributed by atoms with Crippen LogP contribution in [0, 0.1) is 11.8 Å². The summed E-state index contributed by atoms with van der Waals surface area (Å²) < 4.78 is 5.24. The van der Waals surface area contributed by atoms with Gasteiger partial charge in [0.15, 0.2) is 0 Å². The van der Waals surface area contributed by atoms with Gasteiger partial charge in [0.1, 0.15) is 5.75 Å². The number of carbonyl (C=O) groups is 2. The summed E-state index contributed by atoms with van der Waals surface area (Å²) in [6.45, 7) is 4.16. The lowest BCUT2D eigenvalue weighted by molar-refractivity contribution is -0.122. The monoisotopic (exact) mass is 386 g/mol. The molecule has 0 spiro atoms. The zero-order valence-electron chi connectivity index (χ0n) is 15.6. The Morgan fingerprint density at radius 3 is 2.30 bits per heavy atom. The molecule has 0 radical (unpaired) electrons. The predicted octanol–water partition coefficient (Wildman–Crippen LogP) is 4.69. The molecule has 27 heavy (non-hydrogen) atoms. The molecule has 2 amide bonds. The van der Waals surface area contributed by atoms with Crippen LogP contribution >= 0.6 is 11.6 Å². The van der Waals surface area contributed by atoms with Gasteiger partial charge in [0.25, 0.3) is 0 Å². The fourth-order valence-corrected chi connectivity index (χ4v) is 3.29. The molecule has 0 saturated heterocycles. The molecule has 2 N–H and O–H groups in total. The minimum Gasteiger partial charge on any atom is -0.495 e. The maximum absolute atomic E-state index is 12.6. The standard InChI is InChI=1S/C21H23ClN2O3/c1-12(2)14-6-4-5-7-17(14)23-20(25)15-11-16(15)21(26)24-18-10-13(22)8-9-19(18)27-3/h4-10,12,15-16H,11H2,1-3H3,(H,23,25)(H,24,26). The third-order valence-electron chi connectivity index (χ3n) is 4.72. The molecule has 2 atom stereocenters. The van der Waals surface area contributed by atoms with Crippen LogP contribution in [0.4, 0.5) is 11.4 Å². The Bertz CT molecular complexity index is 866. The van der Waals surface area contributed by atoms with Crippen molar-refractivity contribution in [3.8, 4) is 5.75 Å². The summed E-state index contributed by atoms with van der Waals surface area (Å²) in [4.78, 5) is 25.1. The molecule has 3 rings (SSSR count). The van der Waals surface area contributed by atoms with E-state index in [-0.39, 0.29) is 23.7 Å². The van der Waals surface area contributed by atoms with E-state index in [0.717, 1.165) is 11.3 Å². The Balaban J connectivity index is 1.63. The Labute approximate surface area is 164 Å². The van der Waals surface area contributed by atoms with Crippen LogP contribution in [0.15, 0.2) is 42.5 Å². The maximum atomic E-state index is 12.6. The first-order chi connectivity index (χ1) is 12.9. The molecular formula is C21H23ClN2O3. The second-order valence-electron chi connectivity index (χ2n) is 7.01. The normalized spacial score (nSPS) is 18.1. The van der Waals surface area contributed by atoms with Gasteiger partial charge in [-0.05, 0) is 42.2 Å². The van der Waals surface area contributed by atoms with Gasteiger partial charge in [0, 0.05) is 10.7 Å². The zero-order valence-corrected chi connectivity index (χ0v) is 16.3. The van der Waals surface area contributed by atoms with E-state index in [0.29, 0.717) is 28.8 Å². The van der Waals surface area contributed by atoms with Crippen LogP contribution in [0.25, 0.3) is 0 Å². The first-order valence-corrected chi connectivity index (χ1v) is 9.32. The number of ether oxygens (including phenoxy) is 1. The molecule has 0 aliphatic heterocycles. The lowest BCUT2D eigenvalue weighted by atomic mass is 10.0. The van der Waals surface area contributed by atoms with Gasteiger partial charge >= 0.3 is 0 Å². The van der Waals surface area contributed by atoms with Crippen LogP contribution < -0.4 is 15.4 Å². The summed E-state index contributed by atoms with van der Waals surface area (Å²) in [5.74, 6) is -0.167. The lowest BCUT2D eigenvalue weighted by Gasteiger charge is -2.14. The number of halogens is 1. The van der Waals surface area contributed by atoms with Crippen molar-refractivity contribution >= 4 is 34.8 Å². The first kappa shape index (κ1) is 19.2. The van der Waals surface area contributed by atoms with Gasteiger partial charge in [-0.2, -0.15) is 0 Å². The SMILES string of the molecule is COc1ccc(Cl)cc1NC(=O)C1CC1C(=O)Nc1ccccc1C(C)C. The molecule has 6 heteroatoms. The first-order valence-electron chi connectivity index (χ1n) is 8.95. The number of nitrogens with one attached hydrogen (secondary N) is 2. The molecule has 0 heterocycles. The Hall–Kier alpha value is -2.53. The fraction of sp³-hybridized carbons (Fsp3) is 0.333. The lowest BCUT2D eigenvalue weighted by Crippen LogP contribution is -2.21. The van der Waals surface area contributed by atoms with Crippen molar-refractivity contribution in [1.82, 2.24) is 0 Å². The van der Waals surface area contributed by atoms with Crippen molar-refractivity contribution in [2.75, 3.05) is 17.7 Å². The highest BCUT2D eigenvalue weighted by molar-refractivity contribution is 6.31. The second-order valence-corrected chi connectivity index (χ2v) is 7.45. The second kappa shape index (κ2) is 8.01. The van der Waals surface area contributed by atoms with Gasteiger partial charge < -0.3 is 15.4 Å². The van der Waals surface area contributed by atoms with Crippen LogP contribution in [0.5, 0.6) is 5.75 Å². The molecule has 0 bridgehead atoms. The number of hydrogen-bond donors (Lipinski definition) is 2. The van der Waals surface area contributed by atoms with Gasteiger partial charge in [0.2, 0.25) is 11.8 Å². The molecule has 0 aromatic heterocycles. The topological polar surface area (TPSA) is 67.4 Å². The van der Waals surface area contributed by atoms with Crippen LogP contribution in [0.2, 0.25) is 5.02 Å². The molecule has 2 unspecified atom stereocenters. The van der Waals surface area contributed by atoms with Gasteiger partial charge in [-0.1, -0.05) is 43.6 Å². The van der Waals surface area contributed by atoms with Crippen molar-refractivity contribution in [1.29, 1.82) is 0 Å². The molecule has 5 nitrogen and oxygen atoms in total. The van der Waals surface area contributed by atoms with Crippen LogP contribution in [0.1, 0.15) is 31.7 Å². The van der Waals surface area contributed by atoms with Gasteiger partial charge in [-0.25, -0.2) is 0 Å². The molecule has 2 aromatic carbocycles. The van der Waals surface area contributed by atoms with Gasteiger partial charge in [-0.3, -0.25) is 9.59 Å². The summed E-state index contributed by atoms with van der Waals surface area (Å²) in [6.07, 6.45) is 0.532. The highest BCUT2D eigenvalue weighted by atomic mass is 35.5. The van der Waals surface area contributed by atoms with E-state index in [1.54, 1.807) is 18.2 Å². The summed E-state index contributed by atoms with van der Waals surface area (Å²) in [5, 5.41) is 6.29. The average Bonchev–Trinajstić information content (AvgIpc) is 3.43. The summed E-state index contributed by atoms with van der Waals surface area (Å²) >= 11 is 5.99. The van der Waals surface area contributed by atoms with Crippen molar-refractivity contribution < 1.29 is 14.3 Å². The van der Waals surface area contributed by atoms with E-state index in [1.165, 1.54) is 7.11 Å². The van der Waals surface area contributed by atoms with E-state index in [2.05, 4.69) is 24.5 Å². The third kappa shape index (κ3) is 4.42. The van der Waals surface area contributed by atoms with Crippen molar-refractivity contribution in [2.24, 2.45) is 11.8 Å². The number of benzene rings is 2. The predicted molar refractivity (Wildman–Crippen MR) is 107 cm³/mol. The van der Waals surface area contributed by atoms with Gasteiger partial charge in [0.05, 0.1) is 24.6 Å². The molecular weight excluding hydrogens is 364 g/mol. The number of amides is 2. The number of methoxy groups -OCH3 is 1. The quantitative estimate of drug-likeness (QED) is 0.757. The Morgan fingerprint density at radius 2 is 1.67 bits per heavy atom. The third-order valence-corrected chi connectivity index (χ3v) is 4.96. The molecule has 1 fully saturated rings. The van der Waals surface area contributed by atoms with Crippen LogP contribution in [0.3, 0.4) is 0 Å². The average molecular weight is 387 g/mol. The summed E-state index contributed by atoms with van der Waals surface area (Å²) in [7, 11) is 1.53. The molecule has 1 aliphatic rings. The van der Waals surface area contributed by atoms with Crippen LogP contribution in [-0.4, -0.2) is 18.9 Å². The number of carbonyl (C=O) groups excluding carboxylic acids is 2. The molecule has 1 saturated carbocycles. The highest BCUT2D eigenvalue weighted by Crippen LogP contribution is 2.41. The van der Waals surface area contributed by atoms with Crippen molar-refractivity contribution in [3.63, 3.8) is 0 Å². The van der Waals surface area contributed by atoms with E-state index >= 15 is 0 Å². The number of anilines is 2. The maximum Gasteiger partial charge on any atom is 0.228 e. The zero-order chi connectivity index (χ0) is 19.6. The summed E-state index contributed by atoms with van der Waals surface area (Å²) in [5.41, 5.74) is 2.39. The minimum absolute atomic E-state index is 0.124. The van der Waals surface area contributed by atoms with Crippen molar-refractivity contribution in [2.45, 2.75) is 26.2 Å². The van der Waals surface area contributed by atoms with E-state index in [4.69, 9.17) is 16.3 Å². The number of hydrogen-bond acceptors (Lipinski definition) is 3. The largest absolute Gasteiger partial charge is 0.495 e. The summed E-state index contributed by atoms with van der Waals surface area (Å²) in [6, 6.07) is 12.8. The Morgan fingerprint density at radius 1 is 1.04 bits per heavy atom. The minimum atomic E-state index is -0.347. The smallest absolute Gasteiger partial charge is 0.228 e. The van der Waals surface area contributed by atoms with Crippen molar-refractivity contribution in [3.05, 3.63) is 53.1 Å². The molecule has 142 valence electrons. The van der Waals surface area contributed by atoms with E-state index in [1.807, 2.05) is 24.3 Å².